The minimum Gasteiger partial charge on any atom is -0.378 e. The quantitative estimate of drug-likeness (QED) is 0.458. The van der Waals surface area contributed by atoms with Gasteiger partial charge in [0.1, 0.15) is 21.5 Å². The van der Waals surface area contributed by atoms with E-state index in [4.69, 9.17) is 42.1 Å². The molecule has 2 atom stereocenters. The molecule has 0 aliphatic carbocycles. The number of nitrogens with zero attached hydrogens (tertiary/aromatic N) is 3. The fraction of sp³-hybridized carbons (Fsp3) is 0.455. The van der Waals surface area contributed by atoms with Gasteiger partial charge in [-0.3, -0.25) is 4.79 Å². The largest absolute Gasteiger partial charge is 0.378 e. The molecule has 4 rings (SSSR count). The molecule has 0 spiro atoms. The molecule has 0 amide bonds. The Morgan fingerprint density at radius 1 is 1.00 bits per heavy atom. The molecule has 10 heteroatoms. The Morgan fingerprint density at radius 2 is 1.53 bits per heavy atom. The average Bonchev–Trinajstić information content (AvgIpc) is 3.49. The lowest BCUT2D eigenvalue weighted by molar-refractivity contribution is -0.0246. The van der Waals surface area contributed by atoms with Gasteiger partial charge in [-0.1, -0.05) is 23.2 Å². The van der Waals surface area contributed by atoms with E-state index >= 15 is 0 Å². The number of carbonyl (C=O) groups is 1. The molecule has 0 aromatic carbocycles. The van der Waals surface area contributed by atoms with Gasteiger partial charge in [-0.25, -0.2) is 9.97 Å². The molecular formula is C22H21Cl2N3O5. The summed E-state index contributed by atoms with van der Waals surface area (Å²) in [5, 5.41) is 9.93. The normalized spacial score (nSPS) is 25.1. The van der Waals surface area contributed by atoms with Crippen LogP contribution in [0.2, 0.25) is 10.3 Å². The lowest BCUT2D eigenvalue weighted by Gasteiger charge is -2.27. The van der Waals surface area contributed by atoms with E-state index in [1.807, 2.05) is 0 Å². The zero-order valence-electron chi connectivity index (χ0n) is 17.6. The second-order valence-corrected chi connectivity index (χ2v) is 8.43. The summed E-state index contributed by atoms with van der Waals surface area (Å²) >= 11 is 13.1. The van der Waals surface area contributed by atoms with Crippen molar-refractivity contribution in [1.82, 2.24) is 9.97 Å². The fourth-order valence-corrected chi connectivity index (χ4v) is 4.79. The number of rotatable bonds is 6. The Bertz CT molecular complexity index is 1090. The number of aromatic nitrogens is 2. The third-order valence-corrected chi connectivity index (χ3v) is 6.71. The Morgan fingerprint density at radius 3 is 1.97 bits per heavy atom. The zero-order chi connectivity index (χ0) is 22.9. The van der Waals surface area contributed by atoms with Gasteiger partial charge in [0.05, 0.1) is 36.2 Å². The van der Waals surface area contributed by atoms with E-state index in [1.165, 1.54) is 0 Å². The van der Waals surface area contributed by atoms with Crippen LogP contribution in [0.25, 0.3) is 11.1 Å². The average molecular weight is 478 g/mol. The molecule has 168 valence electrons. The van der Waals surface area contributed by atoms with Crippen LogP contribution in [-0.2, 0) is 30.1 Å². The van der Waals surface area contributed by atoms with Crippen molar-refractivity contribution >= 4 is 29.5 Å². The van der Waals surface area contributed by atoms with Crippen molar-refractivity contribution in [2.45, 2.75) is 24.0 Å². The monoisotopic (exact) mass is 477 g/mol. The Balaban J connectivity index is 1.88. The number of hydrogen-bond donors (Lipinski definition) is 0. The van der Waals surface area contributed by atoms with E-state index in [1.54, 1.807) is 26.4 Å². The highest BCUT2D eigenvalue weighted by molar-refractivity contribution is 6.36. The molecule has 0 N–H and O–H groups in total. The fourth-order valence-electron chi connectivity index (χ4n) is 4.21. The summed E-state index contributed by atoms with van der Waals surface area (Å²) in [6.07, 6.45) is 1.80. The molecule has 0 radical (unpaired) electrons. The van der Waals surface area contributed by atoms with Crippen molar-refractivity contribution < 1.29 is 23.7 Å². The third kappa shape index (κ3) is 3.69. The van der Waals surface area contributed by atoms with Crippen LogP contribution in [0, 0.1) is 11.3 Å². The summed E-state index contributed by atoms with van der Waals surface area (Å²) in [5.41, 5.74) is 0.285. The molecule has 8 nitrogen and oxygen atoms in total. The van der Waals surface area contributed by atoms with Gasteiger partial charge in [0.2, 0.25) is 0 Å². The number of carbonyl (C=O) groups excluding carboxylic acids is 1. The highest BCUT2D eigenvalue weighted by Gasteiger charge is 2.41. The highest BCUT2D eigenvalue weighted by Crippen LogP contribution is 2.42. The van der Waals surface area contributed by atoms with Gasteiger partial charge in [0.15, 0.2) is 6.29 Å². The predicted octanol–water partition coefficient (Wildman–Crippen LogP) is 3.66. The predicted molar refractivity (Wildman–Crippen MR) is 116 cm³/mol. The summed E-state index contributed by atoms with van der Waals surface area (Å²) in [5.74, 6) is 0. The number of halogens is 2. The van der Waals surface area contributed by atoms with E-state index in [0.29, 0.717) is 56.9 Å². The first-order valence-electron chi connectivity index (χ1n) is 9.97. The maximum Gasteiger partial charge on any atom is 0.150 e. The molecule has 2 aromatic rings. The Kier molecular flexibility index (Phi) is 6.50. The SMILES string of the molecule is CO[C@]1(c2cc(C#N)c(-c3c(C=O)cc([C@@]4(OC)CCOC4)nc3Cl)c(Cl)n2)CCOC1. The molecule has 0 bridgehead atoms. The first-order valence-corrected chi connectivity index (χ1v) is 10.7. The van der Waals surface area contributed by atoms with Crippen LogP contribution in [-0.4, -0.2) is 56.9 Å². The van der Waals surface area contributed by atoms with Gasteiger partial charge >= 0.3 is 0 Å². The van der Waals surface area contributed by atoms with Gasteiger partial charge in [-0.05, 0) is 12.1 Å². The minimum absolute atomic E-state index is 0.0199. The van der Waals surface area contributed by atoms with Crippen LogP contribution < -0.4 is 0 Å². The standard InChI is InChI=1S/C22H21Cl2N3O5/c1-29-21(3-5-31-11-21)15-7-13(9-25)17(19(23)26-15)18-14(10-28)8-16(27-20(18)24)22(30-2)4-6-32-12-22/h7-8,10H,3-6,11-12H2,1-2H3/t21-,22-/m1/s1. The van der Waals surface area contributed by atoms with E-state index in [0.717, 1.165) is 0 Å². The minimum atomic E-state index is -0.794. The number of methoxy groups -OCH3 is 2. The van der Waals surface area contributed by atoms with Crippen molar-refractivity contribution in [1.29, 1.82) is 5.26 Å². The number of nitriles is 1. The molecule has 0 unspecified atom stereocenters. The van der Waals surface area contributed by atoms with E-state index in [-0.39, 0.29) is 32.6 Å². The van der Waals surface area contributed by atoms with Crippen molar-refractivity contribution in [3.8, 4) is 17.2 Å². The van der Waals surface area contributed by atoms with Crippen molar-refractivity contribution in [2.24, 2.45) is 0 Å². The molecule has 4 heterocycles. The molecule has 32 heavy (non-hydrogen) atoms. The van der Waals surface area contributed by atoms with Crippen LogP contribution in [0.15, 0.2) is 12.1 Å². The second kappa shape index (κ2) is 9.02. The third-order valence-electron chi connectivity index (χ3n) is 6.16. The van der Waals surface area contributed by atoms with Crippen LogP contribution in [0.1, 0.15) is 40.2 Å². The highest BCUT2D eigenvalue weighted by atomic mass is 35.5. The van der Waals surface area contributed by atoms with Gasteiger partial charge in [0, 0.05) is 57.0 Å². The number of hydrogen-bond acceptors (Lipinski definition) is 8. The van der Waals surface area contributed by atoms with E-state index in [2.05, 4.69) is 16.0 Å². The topological polar surface area (TPSA) is 104 Å². The van der Waals surface area contributed by atoms with Crippen LogP contribution in [0.4, 0.5) is 0 Å². The molecule has 2 fully saturated rings. The van der Waals surface area contributed by atoms with Gasteiger partial charge < -0.3 is 18.9 Å². The van der Waals surface area contributed by atoms with Crippen molar-refractivity contribution in [3.63, 3.8) is 0 Å². The lowest BCUT2D eigenvalue weighted by Crippen LogP contribution is -2.30. The number of ether oxygens (including phenoxy) is 4. The van der Waals surface area contributed by atoms with Crippen molar-refractivity contribution in [3.05, 3.63) is 45.0 Å². The Labute approximate surface area is 195 Å². The Hall–Kier alpha value is -2.12. The first-order chi connectivity index (χ1) is 15.4. The van der Waals surface area contributed by atoms with Crippen LogP contribution in [0.3, 0.4) is 0 Å². The van der Waals surface area contributed by atoms with Crippen LogP contribution in [0.5, 0.6) is 0 Å². The molecule has 0 saturated carbocycles. The molecular weight excluding hydrogens is 457 g/mol. The van der Waals surface area contributed by atoms with Crippen molar-refractivity contribution in [2.75, 3.05) is 40.6 Å². The molecule has 2 aromatic heterocycles. The molecule has 2 aliphatic rings. The van der Waals surface area contributed by atoms with Gasteiger partial charge in [-0.15, -0.1) is 0 Å². The first kappa shape index (κ1) is 23.1. The summed E-state index contributed by atoms with van der Waals surface area (Å²) in [6, 6.07) is 5.33. The summed E-state index contributed by atoms with van der Waals surface area (Å²) in [6.45, 7) is 1.61. The molecule has 2 aliphatic heterocycles. The zero-order valence-corrected chi connectivity index (χ0v) is 19.1. The number of pyridine rings is 2. The van der Waals surface area contributed by atoms with Crippen LogP contribution >= 0.6 is 23.2 Å². The maximum absolute atomic E-state index is 12.1. The summed E-state index contributed by atoms with van der Waals surface area (Å²) in [7, 11) is 3.12. The van der Waals surface area contributed by atoms with Gasteiger partial charge in [0.25, 0.3) is 0 Å². The summed E-state index contributed by atoms with van der Waals surface area (Å²) < 4.78 is 22.3. The van der Waals surface area contributed by atoms with E-state index < -0.39 is 11.2 Å². The van der Waals surface area contributed by atoms with Gasteiger partial charge in [-0.2, -0.15) is 5.26 Å². The lowest BCUT2D eigenvalue weighted by atomic mass is 9.91. The maximum atomic E-state index is 12.1. The number of aldehydes is 1. The molecule has 2 saturated heterocycles. The summed E-state index contributed by atoms with van der Waals surface area (Å²) in [4.78, 5) is 21.0. The second-order valence-electron chi connectivity index (χ2n) is 7.72. The smallest absolute Gasteiger partial charge is 0.150 e. The van der Waals surface area contributed by atoms with E-state index in [9.17, 15) is 10.1 Å².